The van der Waals surface area contributed by atoms with Gasteiger partial charge in [-0.1, -0.05) is 29.8 Å². The molecule has 0 saturated carbocycles. The molecule has 0 radical (unpaired) electrons. The number of aryl methyl sites for hydroxylation is 1. The molecule has 0 aliphatic heterocycles. The highest BCUT2D eigenvalue weighted by Gasteiger charge is 2.20. The zero-order chi connectivity index (χ0) is 18.6. The number of carbonyl (C=O) groups is 1. The van der Waals surface area contributed by atoms with Gasteiger partial charge in [-0.2, -0.15) is 0 Å². The molecule has 0 unspecified atom stereocenters. The second-order valence-corrected chi connectivity index (χ2v) is 5.25. The molecule has 0 aliphatic carbocycles. The van der Waals surface area contributed by atoms with E-state index in [9.17, 15) is 20.0 Å². The molecule has 0 aliphatic rings. The molecule has 130 valence electrons. The number of methoxy groups -OCH3 is 2. The van der Waals surface area contributed by atoms with Crippen LogP contribution in [0.25, 0.3) is 11.6 Å². The molecule has 0 bridgehead atoms. The van der Waals surface area contributed by atoms with E-state index in [-0.39, 0.29) is 28.3 Å². The molecule has 0 amide bonds. The molecule has 2 aromatic rings. The molecule has 2 rings (SSSR count). The fourth-order valence-corrected chi connectivity index (χ4v) is 2.32. The first kappa shape index (κ1) is 18.0. The van der Waals surface area contributed by atoms with Crippen LogP contribution in [-0.2, 0) is 4.79 Å². The molecule has 0 aromatic heterocycles. The minimum absolute atomic E-state index is 0.00207. The molecule has 7 heteroatoms. The van der Waals surface area contributed by atoms with Crippen molar-refractivity contribution >= 4 is 23.3 Å². The summed E-state index contributed by atoms with van der Waals surface area (Å²) in [7, 11) is 2.70. The SMILES string of the molecule is COc1cc(OC)c([N+](=O)[O-])cc1/C=C(\C(=O)O)c1ccc(C)cc1. The Balaban J connectivity index is 2.66. The number of hydrogen-bond acceptors (Lipinski definition) is 5. The molecular weight excluding hydrogens is 326 g/mol. The average Bonchev–Trinajstić information content (AvgIpc) is 2.59. The maximum atomic E-state index is 11.7. The van der Waals surface area contributed by atoms with Gasteiger partial charge in [0.05, 0.1) is 24.7 Å². The Hall–Kier alpha value is -3.35. The number of hydrogen-bond donors (Lipinski definition) is 1. The van der Waals surface area contributed by atoms with Gasteiger partial charge in [0.1, 0.15) is 5.75 Å². The van der Waals surface area contributed by atoms with Crippen LogP contribution in [-0.4, -0.2) is 30.2 Å². The van der Waals surface area contributed by atoms with E-state index in [0.29, 0.717) is 5.56 Å². The summed E-state index contributed by atoms with van der Waals surface area (Å²) in [5, 5.41) is 20.7. The van der Waals surface area contributed by atoms with Crippen LogP contribution in [0.5, 0.6) is 11.5 Å². The summed E-state index contributed by atoms with van der Waals surface area (Å²) in [6, 6.07) is 9.53. The summed E-state index contributed by atoms with van der Waals surface area (Å²) >= 11 is 0. The largest absolute Gasteiger partial charge is 0.496 e. The number of rotatable bonds is 6. The molecule has 0 spiro atoms. The van der Waals surface area contributed by atoms with Crippen molar-refractivity contribution in [1.29, 1.82) is 0 Å². The third-order valence-electron chi connectivity index (χ3n) is 3.62. The van der Waals surface area contributed by atoms with Gasteiger partial charge in [0.25, 0.3) is 0 Å². The quantitative estimate of drug-likeness (QED) is 0.373. The minimum Gasteiger partial charge on any atom is -0.496 e. The third-order valence-corrected chi connectivity index (χ3v) is 3.62. The van der Waals surface area contributed by atoms with Crippen molar-refractivity contribution < 1.29 is 24.3 Å². The summed E-state index contributed by atoms with van der Waals surface area (Å²) in [5.74, 6) is -0.844. The van der Waals surface area contributed by atoms with Gasteiger partial charge < -0.3 is 14.6 Å². The van der Waals surface area contributed by atoms with E-state index in [0.717, 1.165) is 5.56 Å². The van der Waals surface area contributed by atoms with E-state index < -0.39 is 10.9 Å². The van der Waals surface area contributed by atoms with E-state index in [2.05, 4.69) is 0 Å². The third kappa shape index (κ3) is 3.95. The topological polar surface area (TPSA) is 98.9 Å². The fraction of sp³-hybridized carbons (Fsp3) is 0.167. The zero-order valence-corrected chi connectivity index (χ0v) is 14.0. The molecule has 0 atom stereocenters. The predicted octanol–water partition coefficient (Wildman–Crippen LogP) is 3.55. The van der Waals surface area contributed by atoms with E-state index in [1.54, 1.807) is 24.3 Å². The van der Waals surface area contributed by atoms with E-state index in [1.807, 2.05) is 6.92 Å². The first-order valence-corrected chi connectivity index (χ1v) is 7.29. The van der Waals surface area contributed by atoms with Crippen molar-refractivity contribution in [2.24, 2.45) is 0 Å². The second kappa shape index (κ2) is 7.48. The summed E-state index contributed by atoms with van der Waals surface area (Å²) < 4.78 is 10.2. The van der Waals surface area contributed by atoms with Gasteiger partial charge in [-0.3, -0.25) is 10.1 Å². The molecule has 1 N–H and O–H groups in total. The fourth-order valence-electron chi connectivity index (χ4n) is 2.32. The summed E-state index contributed by atoms with van der Waals surface area (Å²) in [4.78, 5) is 22.3. The standard InChI is InChI=1S/C18H17NO6/c1-11-4-6-12(7-5-11)14(18(20)21)8-13-9-15(19(22)23)17(25-3)10-16(13)24-2/h4-10H,1-3H3,(H,20,21)/b14-8-. The van der Waals surface area contributed by atoms with Crippen LogP contribution in [0.1, 0.15) is 16.7 Å². The predicted molar refractivity (Wildman–Crippen MR) is 92.9 cm³/mol. The number of carboxylic acid groups (broad SMARTS) is 1. The lowest BCUT2D eigenvalue weighted by Crippen LogP contribution is -2.01. The van der Waals surface area contributed by atoms with Crippen molar-refractivity contribution in [1.82, 2.24) is 0 Å². The van der Waals surface area contributed by atoms with Gasteiger partial charge in [0.2, 0.25) is 5.75 Å². The Morgan fingerprint density at radius 2 is 1.72 bits per heavy atom. The summed E-state index contributed by atoms with van der Waals surface area (Å²) in [6.45, 7) is 1.89. The smallest absolute Gasteiger partial charge is 0.336 e. The summed E-state index contributed by atoms with van der Waals surface area (Å²) in [5.41, 5.74) is 1.47. The Bertz CT molecular complexity index is 839. The van der Waals surface area contributed by atoms with Crippen LogP contribution < -0.4 is 9.47 Å². The monoisotopic (exact) mass is 343 g/mol. The van der Waals surface area contributed by atoms with E-state index >= 15 is 0 Å². The van der Waals surface area contributed by atoms with Crippen LogP contribution in [0.4, 0.5) is 5.69 Å². The normalized spacial score (nSPS) is 11.1. The summed E-state index contributed by atoms with van der Waals surface area (Å²) in [6.07, 6.45) is 1.35. The number of ether oxygens (including phenoxy) is 2. The highest BCUT2D eigenvalue weighted by atomic mass is 16.6. The highest BCUT2D eigenvalue weighted by Crippen LogP contribution is 2.36. The van der Waals surface area contributed by atoms with Crippen LogP contribution in [0, 0.1) is 17.0 Å². The lowest BCUT2D eigenvalue weighted by Gasteiger charge is -2.10. The van der Waals surface area contributed by atoms with Crippen LogP contribution in [0.3, 0.4) is 0 Å². The van der Waals surface area contributed by atoms with Crippen molar-refractivity contribution in [3.63, 3.8) is 0 Å². The van der Waals surface area contributed by atoms with Gasteiger partial charge in [-0.15, -0.1) is 0 Å². The Labute approximate surface area is 144 Å². The second-order valence-electron chi connectivity index (χ2n) is 5.25. The zero-order valence-electron chi connectivity index (χ0n) is 14.0. The van der Waals surface area contributed by atoms with Gasteiger partial charge in [-0.05, 0) is 18.6 Å². The molecule has 25 heavy (non-hydrogen) atoms. The number of nitrogens with zero attached hydrogens (tertiary/aromatic N) is 1. The van der Waals surface area contributed by atoms with Crippen molar-refractivity contribution in [3.05, 3.63) is 63.2 Å². The van der Waals surface area contributed by atoms with Gasteiger partial charge in [0, 0.05) is 17.7 Å². The number of nitro groups is 1. The Kier molecular flexibility index (Phi) is 5.38. The Morgan fingerprint density at radius 1 is 1.12 bits per heavy atom. The first-order valence-electron chi connectivity index (χ1n) is 7.29. The van der Waals surface area contributed by atoms with Crippen molar-refractivity contribution in [2.45, 2.75) is 6.92 Å². The van der Waals surface area contributed by atoms with E-state index in [4.69, 9.17) is 9.47 Å². The molecular formula is C18H17NO6. The van der Waals surface area contributed by atoms with Crippen LogP contribution in [0.15, 0.2) is 36.4 Å². The molecule has 2 aromatic carbocycles. The lowest BCUT2D eigenvalue weighted by atomic mass is 10.0. The van der Waals surface area contributed by atoms with Gasteiger partial charge >= 0.3 is 11.7 Å². The lowest BCUT2D eigenvalue weighted by molar-refractivity contribution is -0.385. The maximum Gasteiger partial charge on any atom is 0.336 e. The molecule has 0 heterocycles. The minimum atomic E-state index is -1.15. The van der Waals surface area contributed by atoms with Gasteiger partial charge in [-0.25, -0.2) is 4.79 Å². The average molecular weight is 343 g/mol. The number of nitro benzene ring substituents is 1. The van der Waals surface area contributed by atoms with Crippen molar-refractivity contribution in [3.8, 4) is 11.5 Å². The highest BCUT2D eigenvalue weighted by molar-refractivity contribution is 6.20. The Morgan fingerprint density at radius 3 is 2.20 bits per heavy atom. The van der Waals surface area contributed by atoms with Crippen LogP contribution >= 0.6 is 0 Å². The number of aliphatic carboxylic acids is 1. The van der Waals surface area contributed by atoms with E-state index in [1.165, 1.54) is 32.4 Å². The maximum absolute atomic E-state index is 11.7. The van der Waals surface area contributed by atoms with Gasteiger partial charge in [0.15, 0.2) is 0 Å². The molecule has 0 fully saturated rings. The number of carboxylic acids is 1. The van der Waals surface area contributed by atoms with Crippen molar-refractivity contribution in [2.75, 3.05) is 14.2 Å². The first-order chi connectivity index (χ1) is 11.9. The molecule has 7 nitrogen and oxygen atoms in total. The van der Waals surface area contributed by atoms with Crippen LogP contribution in [0.2, 0.25) is 0 Å². The number of benzene rings is 2. The molecule has 0 saturated heterocycles.